The largest absolute Gasteiger partial charge is 0.481 e. The molecule has 4 heteroatoms. The van der Waals surface area contributed by atoms with Crippen molar-refractivity contribution in [3.8, 4) is 0 Å². The van der Waals surface area contributed by atoms with Gasteiger partial charge in [-0.2, -0.15) is 0 Å². The highest BCUT2D eigenvalue weighted by molar-refractivity contribution is 5.73. The summed E-state index contributed by atoms with van der Waals surface area (Å²) in [7, 11) is 2.00. The summed E-state index contributed by atoms with van der Waals surface area (Å²) >= 11 is 0. The summed E-state index contributed by atoms with van der Waals surface area (Å²) in [6, 6.07) is 6.52. The van der Waals surface area contributed by atoms with Gasteiger partial charge in [-0.05, 0) is 43.5 Å². The molecule has 0 aliphatic heterocycles. The molecule has 1 aromatic carbocycles. The van der Waals surface area contributed by atoms with Crippen LogP contribution >= 0.6 is 0 Å². The lowest BCUT2D eigenvalue weighted by molar-refractivity contribution is -0.138. The van der Waals surface area contributed by atoms with E-state index in [0.29, 0.717) is 5.92 Å². The molecule has 0 spiro atoms. The minimum Gasteiger partial charge on any atom is -0.481 e. The van der Waals surface area contributed by atoms with Gasteiger partial charge in [-0.3, -0.25) is 4.79 Å². The number of rotatable bonds is 6. The highest BCUT2D eigenvalue weighted by Crippen LogP contribution is 2.38. The summed E-state index contributed by atoms with van der Waals surface area (Å²) in [6.07, 6.45) is 1.66. The molecule has 0 amide bonds. The first-order chi connectivity index (χ1) is 8.56. The van der Waals surface area contributed by atoms with Crippen molar-refractivity contribution in [3.63, 3.8) is 0 Å². The number of aliphatic carboxylic acids is 1. The summed E-state index contributed by atoms with van der Waals surface area (Å²) in [5.74, 6) is -0.722. The van der Waals surface area contributed by atoms with Crippen LogP contribution in [0.4, 0.5) is 4.39 Å². The molecule has 2 atom stereocenters. The number of carboxylic acids is 1. The van der Waals surface area contributed by atoms with Gasteiger partial charge in [0, 0.05) is 13.1 Å². The molecule has 0 heterocycles. The zero-order valence-electron chi connectivity index (χ0n) is 10.5. The van der Waals surface area contributed by atoms with Crippen molar-refractivity contribution in [2.24, 2.45) is 11.8 Å². The lowest BCUT2D eigenvalue weighted by atomic mass is 10.1. The lowest BCUT2D eigenvalue weighted by Crippen LogP contribution is -2.24. The maximum absolute atomic E-state index is 12.7. The monoisotopic (exact) mass is 251 g/mol. The average Bonchev–Trinajstić information content (AvgIpc) is 3.08. The molecule has 0 saturated heterocycles. The molecule has 0 radical (unpaired) electrons. The molecule has 1 aliphatic carbocycles. The van der Waals surface area contributed by atoms with E-state index in [4.69, 9.17) is 5.11 Å². The molecule has 18 heavy (non-hydrogen) atoms. The van der Waals surface area contributed by atoms with Crippen molar-refractivity contribution in [1.82, 2.24) is 4.90 Å². The molecule has 1 fully saturated rings. The first-order valence-electron chi connectivity index (χ1n) is 6.22. The van der Waals surface area contributed by atoms with Gasteiger partial charge in [0.1, 0.15) is 5.82 Å². The van der Waals surface area contributed by atoms with E-state index in [1.807, 2.05) is 7.05 Å². The van der Waals surface area contributed by atoms with Crippen LogP contribution in [0.3, 0.4) is 0 Å². The van der Waals surface area contributed by atoms with Crippen LogP contribution in [-0.4, -0.2) is 36.1 Å². The highest BCUT2D eigenvalue weighted by Gasteiger charge is 2.43. The van der Waals surface area contributed by atoms with Gasteiger partial charge in [-0.1, -0.05) is 12.1 Å². The number of likely N-dealkylation sites (N-methyl/N-ethyl adjacent to an activating group) is 1. The summed E-state index contributed by atoms with van der Waals surface area (Å²) in [6.45, 7) is 1.70. The molecule has 1 aromatic rings. The van der Waals surface area contributed by atoms with Crippen molar-refractivity contribution >= 4 is 5.97 Å². The van der Waals surface area contributed by atoms with Crippen molar-refractivity contribution in [2.75, 3.05) is 20.1 Å². The van der Waals surface area contributed by atoms with Crippen LogP contribution < -0.4 is 0 Å². The summed E-state index contributed by atoms with van der Waals surface area (Å²) in [5.41, 5.74) is 1.11. The highest BCUT2D eigenvalue weighted by atomic mass is 19.1. The minimum atomic E-state index is -0.674. The van der Waals surface area contributed by atoms with E-state index in [2.05, 4.69) is 4.90 Å². The summed E-state index contributed by atoms with van der Waals surface area (Å²) in [5, 5.41) is 8.82. The van der Waals surface area contributed by atoms with E-state index >= 15 is 0 Å². The fourth-order valence-corrected chi connectivity index (χ4v) is 2.21. The third-order valence-electron chi connectivity index (χ3n) is 3.48. The lowest BCUT2D eigenvalue weighted by Gasteiger charge is -2.16. The number of hydrogen-bond acceptors (Lipinski definition) is 2. The smallest absolute Gasteiger partial charge is 0.306 e. The van der Waals surface area contributed by atoms with Crippen LogP contribution in [0.15, 0.2) is 24.3 Å². The topological polar surface area (TPSA) is 40.5 Å². The molecule has 0 aromatic heterocycles. The van der Waals surface area contributed by atoms with Gasteiger partial charge in [0.25, 0.3) is 0 Å². The Morgan fingerprint density at radius 1 is 1.44 bits per heavy atom. The first kappa shape index (κ1) is 13.0. The number of nitrogens with zero attached hydrogens (tertiary/aromatic N) is 1. The van der Waals surface area contributed by atoms with Crippen LogP contribution in [0.2, 0.25) is 0 Å². The van der Waals surface area contributed by atoms with Crippen LogP contribution in [-0.2, 0) is 11.2 Å². The summed E-state index contributed by atoms with van der Waals surface area (Å²) in [4.78, 5) is 12.9. The maximum atomic E-state index is 12.7. The third-order valence-corrected chi connectivity index (χ3v) is 3.48. The van der Waals surface area contributed by atoms with Crippen LogP contribution in [0.5, 0.6) is 0 Å². The average molecular weight is 251 g/mol. The van der Waals surface area contributed by atoms with Gasteiger partial charge < -0.3 is 10.0 Å². The normalized spacial score (nSPS) is 22.2. The van der Waals surface area contributed by atoms with Crippen molar-refractivity contribution in [3.05, 3.63) is 35.6 Å². The second-order valence-corrected chi connectivity index (χ2v) is 5.08. The third kappa shape index (κ3) is 3.53. The Bertz CT molecular complexity index is 418. The predicted octanol–water partition coefficient (Wildman–Crippen LogP) is 2.02. The van der Waals surface area contributed by atoms with E-state index in [1.54, 1.807) is 12.1 Å². The van der Waals surface area contributed by atoms with Crippen molar-refractivity contribution in [1.29, 1.82) is 0 Å². The molecule has 1 aliphatic rings. The Hall–Kier alpha value is -1.42. The number of carbonyl (C=O) groups is 1. The number of benzene rings is 1. The number of halogens is 1. The van der Waals surface area contributed by atoms with E-state index in [-0.39, 0.29) is 11.7 Å². The van der Waals surface area contributed by atoms with E-state index in [9.17, 15) is 9.18 Å². The molecule has 2 unspecified atom stereocenters. The van der Waals surface area contributed by atoms with Gasteiger partial charge >= 0.3 is 5.97 Å². The van der Waals surface area contributed by atoms with Crippen LogP contribution in [0, 0.1) is 17.7 Å². The van der Waals surface area contributed by atoms with Crippen LogP contribution in [0.1, 0.15) is 12.0 Å². The summed E-state index contributed by atoms with van der Waals surface area (Å²) < 4.78 is 12.7. The van der Waals surface area contributed by atoms with Gasteiger partial charge in [0.2, 0.25) is 0 Å². The van der Waals surface area contributed by atoms with Crippen molar-refractivity contribution < 1.29 is 14.3 Å². The first-order valence-corrected chi connectivity index (χ1v) is 6.22. The molecule has 2 rings (SSSR count). The van der Waals surface area contributed by atoms with E-state index in [1.165, 1.54) is 12.1 Å². The van der Waals surface area contributed by atoms with Gasteiger partial charge in [-0.25, -0.2) is 4.39 Å². The molecule has 0 bridgehead atoms. The second-order valence-electron chi connectivity index (χ2n) is 5.08. The molecular weight excluding hydrogens is 233 g/mol. The molecule has 1 saturated carbocycles. The van der Waals surface area contributed by atoms with E-state index in [0.717, 1.165) is 31.5 Å². The van der Waals surface area contributed by atoms with Crippen LogP contribution in [0.25, 0.3) is 0 Å². The Labute approximate surface area is 106 Å². The van der Waals surface area contributed by atoms with Crippen molar-refractivity contribution in [2.45, 2.75) is 12.8 Å². The minimum absolute atomic E-state index is 0.140. The fraction of sp³-hybridized carbons (Fsp3) is 0.500. The Morgan fingerprint density at radius 2 is 2.11 bits per heavy atom. The Morgan fingerprint density at radius 3 is 2.67 bits per heavy atom. The molecular formula is C14H18FNO2. The van der Waals surface area contributed by atoms with Gasteiger partial charge in [0.15, 0.2) is 0 Å². The zero-order chi connectivity index (χ0) is 13.1. The molecule has 98 valence electrons. The zero-order valence-corrected chi connectivity index (χ0v) is 10.5. The molecule has 3 nitrogen and oxygen atoms in total. The standard InChI is InChI=1S/C14H18FNO2/c1-16(9-11-8-13(11)14(17)18)7-6-10-2-4-12(15)5-3-10/h2-5,11,13H,6-9H2,1H3,(H,17,18). The number of carboxylic acid groups (broad SMARTS) is 1. The second kappa shape index (κ2) is 5.48. The fourth-order valence-electron chi connectivity index (χ4n) is 2.21. The number of hydrogen-bond donors (Lipinski definition) is 1. The quantitative estimate of drug-likeness (QED) is 0.841. The Kier molecular flexibility index (Phi) is 3.97. The predicted molar refractivity (Wildman–Crippen MR) is 66.8 cm³/mol. The molecule has 1 N–H and O–H groups in total. The van der Waals surface area contributed by atoms with Gasteiger partial charge in [-0.15, -0.1) is 0 Å². The Balaban J connectivity index is 1.71. The SMILES string of the molecule is CN(CCc1ccc(F)cc1)CC1CC1C(=O)O. The van der Waals surface area contributed by atoms with E-state index < -0.39 is 5.97 Å². The van der Waals surface area contributed by atoms with Gasteiger partial charge in [0.05, 0.1) is 5.92 Å². The maximum Gasteiger partial charge on any atom is 0.306 e.